The van der Waals surface area contributed by atoms with Crippen molar-refractivity contribution in [2.75, 3.05) is 13.1 Å². The minimum absolute atomic E-state index is 0.0675. The fraction of sp³-hybridized carbons (Fsp3) is 0.520. The SMILES string of the molecule is CC[C@](O)(c1cc(C2(O)CN(C(=O)OC(C)(C)C)C2)c(F)c(-c2cc(Cl)c(F)cc2F)n1)C1CC1. The maximum Gasteiger partial charge on any atom is 0.410 e. The van der Waals surface area contributed by atoms with Crippen molar-refractivity contribution in [1.82, 2.24) is 9.88 Å². The minimum Gasteiger partial charge on any atom is -0.444 e. The van der Waals surface area contributed by atoms with Crippen molar-refractivity contribution in [2.24, 2.45) is 5.92 Å². The molecule has 0 spiro atoms. The average molecular weight is 513 g/mol. The van der Waals surface area contributed by atoms with Gasteiger partial charge >= 0.3 is 6.09 Å². The fourth-order valence-corrected chi connectivity index (χ4v) is 4.59. The lowest BCUT2D eigenvalue weighted by Gasteiger charge is -2.47. The Morgan fingerprint density at radius 2 is 1.83 bits per heavy atom. The molecule has 2 aliphatic rings. The van der Waals surface area contributed by atoms with Crippen LogP contribution in [0.25, 0.3) is 11.3 Å². The molecule has 1 aliphatic heterocycles. The van der Waals surface area contributed by atoms with E-state index in [4.69, 9.17) is 16.3 Å². The average Bonchev–Trinajstić information content (AvgIpc) is 3.58. The Hall–Kier alpha value is -2.36. The molecule has 6 nitrogen and oxygen atoms in total. The molecule has 2 N–H and O–H groups in total. The topological polar surface area (TPSA) is 82.9 Å². The number of β-amino-alcohol motifs (C(OH)–C–C–N with tert-alkyl or cyclic N) is 1. The molecule has 1 aromatic heterocycles. The molecule has 1 saturated heterocycles. The molecule has 1 atom stereocenters. The first-order chi connectivity index (χ1) is 16.2. The van der Waals surface area contributed by atoms with E-state index in [0.29, 0.717) is 6.07 Å². The first kappa shape index (κ1) is 25.7. The zero-order valence-corrected chi connectivity index (χ0v) is 20.7. The molecule has 2 heterocycles. The number of likely N-dealkylation sites (tertiary alicyclic amines) is 1. The van der Waals surface area contributed by atoms with E-state index >= 15 is 4.39 Å². The summed E-state index contributed by atoms with van der Waals surface area (Å²) in [5.74, 6) is -3.28. The summed E-state index contributed by atoms with van der Waals surface area (Å²) in [6.45, 7) is 6.29. The van der Waals surface area contributed by atoms with Gasteiger partial charge < -0.3 is 19.8 Å². The van der Waals surface area contributed by atoms with E-state index < -0.39 is 56.6 Å². The Morgan fingerprint density at radius 1 is 1.20 bits per heavy atom. The molecule has 4 rings (SSSR count). The molecule has 35 heavy (non-hydrogen) atoms. The Balaban J connectivity index is 1.81. The quantitative estimate of drug-likeness (QED) is 0.534. The van der Waals surface area contributed by atoms with Crippen LogP contribution in [0.15, 0.2) is 18.2 Å². The van der Waals surface area contributed by atoms with Gasteiger partial charge in [-0.2, -0.15) is 0 Å². The van der Waals surface area contributed by atoms with Gasteiger partial charge in [-0.1, -0.05) is 18.5 Å². The van der Waals surface area contributed by atoms with Crippen LogP contribution in [0.2, 0.25) is 5.02 Å². The number of hydrogen-bond donors (Lipinski definition) is 2. The number of amides is 1. The van der Waals surface area contributed by atoms with E-state index in [9.17, 15) is 23.8 Å². The van der Waals surface area contributed by atoms with Crippen LogP contribution in [0, 0.1) is 23.4 Å². The molecular formula is C25H28ClF3N2O4. The molecule has 0 bridgehead atoms. The van der Waals surface area contributed by atoms with E-state index in [1.54, 1.807) is 27.7 Å². The van der Waals surface area contributed by atoms with E-state index in [2.05, 4.69) is 4.98 Å². The number of aromatic nitrogens is 1. The molecule has 1 aromatic carbocycles. The van der Waals surface area contributed by atoms with Crippen LogP contribution in [-0.2, 0) is 15.9 Å². The van der Waals surface area contributed by atoms with Crippen molar-refractivity contribution in [3.8, 4) is 11.3 Å². The first-order valence-electron chi connectivity index (χ1n) is 11.5. The maximum absolute atomic E-state index is 15.8. The van der Waals surface area contributed by atoms with Gasteiger partial charge in [0.05, 0.1) is 23.8 Å². The van der Waals surface area contributed by atoms with E-state index in [1.807, 2.05) is 0 Å². The number of rotatable bonds is 5. The zero-order chi connectivity index (χ0) is 25.9. The highest BCUT2D eigenvalue weighted by Gasteiger charge is 2.51. The molecule has 2 aromatic rings. The van der Waals surface area contributed by atoms with Gasteiger partial charge in [-0.05, 0) is 58.1 Å². The van der Waals surface area contributed by atoms with Gasteiger partial charge in [-0.25, -0.2) is 22.9 Å². The monoisotopic (exact) mass is 512 g/mol. The summed E-state index contributed by atoms with van der Waals surface area (Å²) >= 11 is 5.83. The van der Waals surface area contributed by atoms with Crippen LogP contribution >= 0.6 is 11.6 Å². The third-order valence-corrected chi connectivity index (χ3v) is 6.81. The summed E-state index contributed by atoms with van der Waals surface area (Å²) in [4.78, 5) is 17.8. The van der Waals surface area contributed by atoms with E-state index in [-0.39, 0.29) is 36.7 Å². The Bertz CT molecular complexity index is 1180. The summed E-state index contributed by atoms with van der Waals surface area (Å²) in [6.07, 6.45) is 1.06. The lowest BCUT2D eigenvalue weighted by Crippen LogP contribution is -2.62. The number of hydrogen-bond acceptors (Lipinski definition) is 5. The second-order valence-corrected chi connectivity index (χ2v) is 10.8. The lowest BCUT2D eigenvalue weighted by atomic mass is 9.82. The largest absolute Gasteiger partial charge is 0.444 e. The highest BCUT2D eigenvalue weighted by atomic mass is 35.5. The summed E-state index contributed by atoms with van der Waals surface area (Å²) in [6, 6.07) is 2.72. The van der Waals surface area contributed by atoms with Gasteiger partial charge in [0.25, 0.3) is 0 Å². The third-order valence-electron chi connectivity index (χ3n) is 6.52. The van der Waals surface area contributed by atoms with Crippen molar-refractivity contribution in [3.63, 3.8) is 0 Å². The van der Waals surface area contributed by atoms with Crippen LogP contribution in [0.5, 0.6) is 0 Å². The number of halogens is 4. The predicted molar refractivity (Wildman–Crippen MR) is 123 cm³/mol. The van der Waals surface area contributed by atoms with Gasteiger partial charge in [0, 0.05) is 17.2 Å². The number of aliphatic hydroxyl groups is 2. The minimum atomic E-state index is -1.83. The van der Waals surface area contributed by atoms with Gasteiger partial charge in [-0.3, -0.25) is 0 Å². The number of nitrogens with zero attached hydrogens (tertiary/aromatic N) is 2. The molecule has 1 amide bonds. The van der Waals surface area contributed by atoms with Crippen LogP contribution in [0.4, 0.5) is 18.0 Å². The first-order valence-corrected chi connectivity index (χ1v) is 11.9. The van der Waals surface area contributed by atoms with Crippen molar-refractivity contribution in [2.45, 2.75) is 63.8 Å². The molecule has 0 radical (unpaired) electrons. The normalized spacial score (nSPS) is 19.2. The predicted octanol–water partition coefficient (Wildman–Crippen LogP) is 5.27. The van der Waals surface area contributed by atoms with Gasteiger partial charge in [0.15, 0.2) is 5.82 Å². The second kappa shape index (κ2) is 8.64. The Labute approximate surface area is 206 Å². The number of carbonyl (C=O) groups is 1. The van der Waals surface area contributed by atoms with Gasteiger partial charge in [0.2, 0.25) is 0 Å². The molecule has 1 aliphatic carbocycles. The molecule has 0 unspecified atom stereocenters. The summed E-state index contributed by atoms with van der Waals surface area (Å²) in [5, 5.41) is 22.2. The molecule has 10 heteroatoms. The standard InChI is InChI=1S/C25H28ClF3N2O4/c1-5-25(34,13-6-7-13)19-9-15(24(33)11-31(12-24)22(32)35-23(2,3)4)20(29)21(30-19)14-8-16(26)18(28)10-17(14)27/h8-10,13,33-34H,5-7,11-12H2,1-4H3/t25-/m1/s1. The van der Waals surface area contributed by atoms with E-state index in [1.165, 1.54) is 11.0 Å². The summed E-state index contributed by atoms with van der Waals surface area (Å²) in [5.41, 5.74) is -5.10. The van der Waals surface area contributed by atoms with Crippen molar-refractivity contribution in [3.05, 3.63) is 51.9 Å². The lowest BCUT2D eigenvalue weighted by molar-refractivity contribution is -0.105. The van der Waals surface area contributed by atoms with Crippen molar-refractivity contribution >= 4 is 17.7 Å². The molecular weight excluding hydrogens is 485 g/mol. The zero-order valence-electron chi connectivity index (χ0n) is 20.0. The number of benzene rings is 1. The summed E-state index contributed by atoms with van der Waals surface area (Å²) < 4.78 is 49.6. The van der Waals surface area contributed by atoms with Crippen LogP contribution < -0.4 is 0 Å². The smallest absolute Gasteiger partial charge is 0.410 e. The molecule has 1 saturated carbocycles. The Morgan fingerprint density at radius 3 is 2.37 bits per heavy atom. The molecule has 190 valence electrons. The summed E-state index contributed by atoms with van der Waals surface area (Å²) in [7, 11) is 0. The molecule has 2 fully saturated rings. The van der Waals surface area contributed by atoms with Gasteiger partial charge in [0.1, 0.15) is 34.1 Å². The van der Waals surface area contributed by atoms with Crippen molar-refractivity contribution in [1.29, 1.82) is 0 Å². The van der Waals surface area contributed by atoms with Crippen molar-refractivity contribution < 1.29 is 32.9 Å². The fourth-order valence-electron chi connectivity index (χ4n) is 4.42. The van der Waals surface area contributed by atoms with Crippen LogP contribution in [-0.4, -0.2) is 44.9 Å². The Kier molecular flexibility index (Phi) is 6.35. The van der Waals surface area contributed by atoms with E-state index in [0.717, 1.165) is 18.9 Å². The van der Waals surface area contributed by atoms with Gasteiger partial charge in [-0.15, -0.1) is 0 Å². The highest BCUT2D eigenvalue weighted by Crippen LogP contribution is 2.49. The highest BCUT2D eigenvalue weighted by molar-refractivity contribution is 6.31. The third kappa shape index (κ3) is 4.73. The number of carbonyl (C=O) groups excluding carboxylic acids is 1. The second-order valence-electron chi connectivity index (χ2n) is 10.4. The van der Waals surface area contributed by atoms with Crippen LogP contribution in [0.3, 0.4) is 0 Å². The number of ether oxygens (including phenoxy) is 1. The number of pyridine rings is 1. The van der Waals surface area contributed by atoms with Crippen LogP contribution in [0.1, 0.15) is 58.2 Å². The maximum atomic E-state index is 15.8.